The van der Waals surface area contributed by atoms with Crippen LogP contribution < -0.4 is 5.32 Å². The van der Waals surface area contributed by atoms with Crippen molar-refractivity contribution in [1.29, 1.82) is 5.26 Å². The van der Waals surface area contributed by atoms with Gasteiger partial charge >= 0.3 is 0 Å². The van der Waals surface area contributed by atoms with Crippen LogP contribution in [0.2, 0.25) is 5.02 Å². The van der Waals surface area contributed by atoms with E-state index in [1.54, 1.807) is 35.2 Å². The van der Waals surface area contributed by atoms with Crippen molar-refractivity contribution in [3.63, 3.8) is 0 Å². The Bertz CT molecular complexity index is 1290. The largest absolute Gasteiger partial charge is 0.336 e. The summed E-state index contributed by atoms with van der Waals surface area (Å²) in [7, 11) is 0. The second kappa shape index (κ2) is 10.1. The summed E-state index contributed by atoms with van der Waals surface area (Å²) in [5.74, 6) is -0.00851. The Morgan fingerprint density at radius 2 is 1.94 bits per heavy atom. The Balaban J connectivity index is 1.65. The molecule has 1 aromatic heterocycles. The number of imidazole rings is 1. The van der Waals surface area contributed by atoms with Gasteiger partial charge in [0.1, 0.15) is 11.6 Å². The summed E-state index contributed by atoms with van der Waals surface area (Å²) >= 11 is 5.95. The number of carbonyl (C=O) groups excluding carboxylic acids is 2. The van der Waals surface area contributed by atoms with Gasteiger partial charge in [-0.05, 0) is 55.2 Å². The first-order valence-corrected chi connectivity index (χ1v) is 11.7. The molecule has 1 N–H and O–H groups in total. The van der Waals surface area contributed by atoms with Crippen LogP contribution in [0.3, 0.4) is 0 Å². The predicted molar refractivity (Wildman–Crippen MR) is 133 cm³/mol. The molecule has 1 aliphatic heterocycles. The average Bonchev–Trinajstić information content (AvgIpc) is 3.20. The van der Waals surface area contributed by atoms with Crippen molar-refractivity contribution in [1.82, 2.24) is 14.5 Å². The smallest absolute Gasteiger partial charge is 0.264 e. The van der Waals surface area contributed by atoms with Crippen LogP contribution in [0, 0.1) is 17.2 Å². The lowest BCUT2D eigenvalue weighted by molar-refractivity contribution is -0.128. The van der Waals surface area contributed by atoms with Gasteiger partial charge in [-0.2, -0.15) is 5.26 Å². The van der Waals surface area contributed by atoms with Gasteiger partial charge in [0, 0.05) is 23.7 Å². The summed E-state index contributed by atoms with van der Waals surface area (Å²) in [6.07, 6.45) is 3.31. The van der Waals surface area contributed by atoms with E-state index >= 15 is 0 Å². The number of rotatable bonds is 5. The van der Waals surface area contributed by atoms with Crippen molar-refractivity contribution < 1.29 is 9.59 Å². The second-order valence-electron chi connectivity index (χ2n) is 8.74. The van der Waals surface area contributed by atoms with E-state index in [-0.39, 0.29) is 29.3 Å². The monoisotopic (exact) mass is 475 g/mol. The highest BCUT2D eigenvalue weighted by Crippen LogP contribution is 2.31. The fraction of sp³-hybridized carbons (Fsp3) is 0.308. The highest BCUT2D eigenvalue weighted by molar-refractivity contribution is 6.30. The number of anilines is 1. The van der Waals surface area contributed by atoms with Crippen LogP contribution in [0.4, 0.5) is 5.95 Å². The third kappa shape index (κ3) is 4.97. The molecule has 0 bridgehead atoms. The number of para-hydroxylation sites is 2. The first-order chi connectivity index (χ1) is 16.4. The van der Waals surface area contributed by atoms with E-state index in [0.717, 1.165) is 23.9 Å². The minimum Gasteiger partial charge on any atom is -0.336 e. The summed E-state index contributed by atoms with van der Waals surface area (Å²) in [6.45, 7) is 4.90. The normalized spacial score (nSPS) is 16.5. The van der Waals surface area contributed by atoms with E-state index < -0.39 is 0 Å². The van der Waals surface area contributed by atoms with E-state index in [9.17, 15) is 14.9 Å². The van der Waals surface area contributed by atoms with Crippen molar-refractivity contribution in [2.45, 2.75) is 32.7 Å². The lowest BCUT2D eigenvalue weighted by Gasteiger charge is -2.34. The van der Waals surface area contributed by atoms with Gasteiger partial charge in [-0.3, -0.25) is 14.9 Å². The van der Waals surface area contributed by atoms with Crippen molar-refractivity contribution in [3.05, 3.63) is 70.8 Å². The molecule has 0 aliphatic carbocycles. The molecular weight excluding hydrogens is 450 g/mol. The summed E-state index contributed by atoms with van der Waals surface area (Å²) in [4.78, 5) is 32.4. The number of nitrogens with one attached hydrogen (secondary N) is 1. The summed E-state index contributed by atoms with van der Waals surface area (Å²) in [5, 5.41) is 13.0. The van der Waals surface area contributed by atoms with Crippen LogP contribution in [-0.4, -0.2) is 39.4 Å². The molecular formula is C26H26ClN5O2. The molecule has 1 saturated heterocycles. The molecule has 174 valence electrons. The number of likely N-dealkylation sites (tertiary alicyclic amines) is 1. The zero-order chi connectivity index (χ0) is 24.2. The average molecular weight is 476 g/mol. The zero-order valence-corrected chi connectivity index (χ0v) is 19.9. The molecule has 4 rings (SSSR count). The standard InChI is InChI=1S/C26H26ClN5O2/c1-17(2)14-19(15-28)25(34)31-13-5-6-21(16-31)32-23-8-4-3-7-22(23)29-26(32)30-24(33)18-9-11-20(27)12-10-18/h3-4,7-12,14,17,21H,5-6,13,16H2,1-2H3,(H,29,30,33)/b19-14+. The number of benzene rings is 2. The van der Waals surface area contributed by atoms with Gasteiger partial charge in [0.2, 0.25) is 5.95 Å². The number of amides is 2. The van der Waals surface area contributed by atoms with Crippen LogP contribution in [0.1, 0.15) is 43.1 Å². The molecule has 2 aromatic carbocycles. The number of allylic oxidation sites excluding steroid dienone is 1. The topological polar surface area (TPSA) is 91.0 Å². The van der Waals surface area contributed by atoms with Crippen molar-refractivity contribution in [2.24, 2.45) is 5.92 Å². The first-order valence-electron chi connectivity index (χ1n) is 11.3. The van der Waals surface area contributed by atoms with Gasteiger partial charge < -0.3 is 9.47 Å². The molecule has 1 atom stereocenters. The van der Waals surface area contributed by atoms with Gasteiger partial charge in [0.25, 0.3) is 11.8 Å². The number of hydrogen-bond donors (Lipinski definition) is 1. The third-order valence-corrected chi connectivity index (χ3v) is 6.08. The number of halogens is 1. The Labute approximate surface area is 203 Å². The quantitative estimate of drug-likeness (QED) is 0.405. The number of nitriles is 1. The van der Waals surface area contributed by atoms with Crippen LogP contribution in [-0.2, 0) is 4.79 Å². The number of nitrogens with zero attached hydrogens (tertiary/aromatic N) is 4. The SMILES string of the molecule is CC(C)/C=C(\C#N)C(=O)N1CCCC(n2c(NC(=O)c3ccc(Cl)cc3)nc3ccccc32)C1. The van der Waals surface area contributed by atoms with Crippen molar-refractivity contribution >= 4 is 40.4 Å². The molecule has 2 amide bonds. The van der Waals surface area contributed by atoms with Crippen LogP contribution in [0.15, 0.2) is 60.2 Å². The lowest BCUT2D eigenvalue weighted by atomic mass is 10.0. The van der Waals surface area contributed by atoms with E-state index in [1.165, 1.54) is 0 Å². The maximum atomic E-state index is 13.0. The highest BCUT2D eigenvalue weighted by Gasteiger charge is 2.29. The molecule has 8 heteroatoms. The minimum absolute atomic E-state index is 0.0930. The van der Waals surface area contributed by atoms with Crippen LogP contribution in [0.5, 0.6) is 0 Å². The Morgan fingerprint density at radius 1 is 1.21 bits per heavy atom. The Morgan fingerprint density at radius 3 is 2.65 bits per heavy atom. The van der Waals surface area contributed by atoms with Crippen molar-refractivity contribution in [2.75, 3.05) is 18.4 Å². The Kier molecular flexibility index (Phi) is 6.99. The molecule has 1 aliphatic rings. The van der Waals surface area contributed by atoms with E-state index in [4.69, 9.17) is 11.6 Å². The summed E-state index contributed by atoms with van der Waals surface area (Å²) in [5.41, 5.74) is 2.28. The van der Waals surface area contributed by atoms with Gasteiger partial charge in [-0.25, -0.2) is 4.98 Å². The van der Waals surface area contributed by atoms with E-state index in [2.05, 4.69) is 16.4 Å². The van der Waals surface area contributed by atoms with Gasteiger partial charge in [0.15, 0.2) is 0 Å². The summed E-state index contributed by atoms with van der Waals surface area (Å²) in [6, 6.07) is 16.3. The first kappa shape index (κ1) is 23.5. The Hall–Kier alpha value is -3.63. The summed E-state index contributed by atoms with van der Waals surface area (Å²) < 4.78 is 2.00. The van der Waals surface area contributed by atoms with Crippen LogP contribution >= 0.6 is 11.6 Å². The molecule has 34 heavy (non-hydrogen) atoms. The maximum absolute atomic E-state index is 13.0. The van der Waals surface area contributed by atoms with Gasteiger partial charge in [-0.1, -0.05) is 43.7 Å². The van der Waals surface area contributed by atoms with Crippen molar-refractivity contribution in [3.8, 4) is 6.07 Å². The molecule has 1 unspecified atom stereocenters. The fourth-order valence-corrected chi connectivity index (χ4v) is 4.41. The molecule has 0 spiro atoms. The van der Waals surface area contributed by atoms with Crippen LogP contribution in [0.25, 0.3) is 11.0 Å². The van der Waals surface area contributed by atoms with Gasteiger partial charge in [-0.15, -0.1) is 0 Å². The minimum atomic E-state index is -0.288. The predicted octanol–water partition coefficient (Wildman–Crippen LogP) is 5.21. The molecule has 3 aromatic rings. The highest BCUT2D eigenvalue weighted by atomic mass is 35.5. The lowest BCUT2D eigenvalue weighted by Crippen LogP contribution is -2.41. The number of carbonyl (C=O) groups is 2. The molecule has 2 heterocycles. The molecule has 0 saturated carbocycles. The van der Waals surface area contributed by atoms with Gasteiger partial charge in [0.05, 0.1) is 17.1 Å². The number of aromatic nitrogens is 2. The number of piperidine rings is 1. The zero-order valence-electron chi connectivity index (χ0n) is 19.2. The fourth-order valence-electron chi connectivity index (χ4n) is 4.29. The molecule has 7 nitrogen and oxygen atoms in total. The number of fused-ring (bicyclic) bond motifs is 1. The van der Waals surface area contributed by atoms with E-state index in [0.29, 0.717) is 29.6 Å². The maximum Gasteiger partial charge on any atom is 0.264 e. The molecule has 1 fully saturated rings. The molecule has 0 radical (unpaired) electrons. The third-order valence-electron chi connectivity index (χ3n) is 5.83. The second-order valence-corrected chi connectivity index (χ2v) is 9.17. The number of hydrogen-bond acceptors (Lipinski definition) is 4. The van der Waals surface area contributed by atoms with E-state index in [1.807, 2.05) is 42.7 Å².